The molecule has 16 heavy (non-hydrogen) atoms. The van der Waals surface area contributed by atoms with Crippen molar-refractivity contribution in [3.05, 3.63) is 42.0 Å². The molecule has 0 amide bonds. The SMILES string of the molecule is CCc1ccc(-c2ccc(NN)nn2)cc1. The summed E-state index contributed by atoms with van der Waals surface area (Å²) in [5, 5.41) is 8.01. The van der Waals surface area contributed by atoms with Crippen molar-refractivity contribution in [1.82, 2.24) is 10.2 Å². The van der Waals surface area contributed by atoms with Gasteiger partial charge in [-0.2, -0.15) is 0 Å². The van der Waals surface area contributed by atoms with E-state index in [4.69, 9.17) is 5.84 Å². The summed E-state index contributed by atoms with van der Waals surface area (Å²) in [6, 6.07) is 12.0. The van der Waals surface area contributed by atoms with Gasteiger partial charge in [0.1, 0.15) is 0 Å². The zero-order valence-corrected chi connectivity index (χ0v) is 9.14. The summed E-state index contributed by atoms with van der Waals surface area (Å²) in [6.07, 6.45) is 1.04. The Morgan fingerprint density at radius 2 is 1.81 bits per heavy atom. The topological polar surface area (TPSA) is 63.8 Å². The number of hydrogen-bond acceptors (Lipinski definition) is 4. The van der Waals surface area contributed by atoms with Crippen LogP contribution in [-0.4, -0.2) is 10.2 Å². The fourth-order valence-electron chi connectivity index (χ4n) is 1.47. The van der Waals surface area contributed by atoms with Crippen LogP contribution < -0.4 is 11.3 Å². The summed E-state index contributed by atoms with van der Waals surface area (Å²) in [5.41, 5.74) is 5.68. The second-order valence-corrected chi connectivity index (χ2v) is 3.50. The van der Waals surface area contributed by atoms with Crippen LogP contribution in [-0.2, 0) is 6.42 Å². The highest BCUT2D eigenvalue weighted by Gasteiger charge is 2.00. The van der Waals surface area contributed by atoms with Gasteiger partial charge in [0.2, 0.25) is 0 Å². The molecular formula is C12H14N4. The van der Waals surface area contributed by atoms with Gasteiger partial charge in [0, 0.05) is 5.56 Å². The first-order valence-corrected chi connectivity index (χ1v) is 5.23. The van der Waals surface area contributed by atoms with Gasteiger partial charge in [0.15, 0.2) is 5.82 Å². The van der Waals surface area contributed by atoms with Crippen molar-refractivity contribution >= 4 is 5.82 Å². The van der Waals surface area contributed by atoms with E-state index in [1.807, 2.05) is 6.07 Å². The van der Waals surface area contributed by atoms with Crippen LogP contribution in [0.1, 0.15) is 12.5 Å². The fraction of sp³-hybridized carbons (Fsp3) is 0.167. The van der Waals surface area contributed by atoms with Crippen LogP contribution in [0.3, 0.4) is 0 Å². The molecule has 0 saturated heterocycles. The molecule has 1 heterocycles. The first-order chi connectivity index (χ1) is 7.83. The third kappa shape index (κ3) is 2.17. The molecular weight excluding hydrogens is 200 g/mol. The van der Waals surface area contributed by atoms with Gasteiger partial charge in [0.25, 0.3) is 0 Å². The van der Waals surface area contributed by atoms with Gasteiger partial charge in [0.05, 0.1) is 5.69 Å². The van der Waals surface area contributed by atoms with Crippen LogP contribution in [0, 0.1) is 0 Å². The first-order valence-electron chi connectivity index (χ1n) is 5.23. The van der Waals surface area contributed by atoms with Gasteiger partial charge in [-0.25, -0.2) is 5.84 Å². The van der Waals surface area contributed by atoms with E-state index in [0.29, 0.717) is 5.82 Å². The molecule has 82 valence electrons. The smallest absolute Gasteiger partial charge is 0.162 e. The number of nitrogens with two attached hydrogens (primary N) is 1. The summed E-state index contributed by atoms with van der Waals surface area (Å²) >= 11 is 0. The molecule has 0 atom stereocenters. The van der Waals surface area contributed by atoms with Crippen molar-refractivity contribution in [2.45, 2.75) is 13.3 Å². The van der Waals surface area contributed by atoms with Gasteiger partial charge in [-0.05, 0) is 24.1 Å². The van der Waals surface area contributed by atoms with E-state index < -0.39 is 0 Å². The minimum absolute atomic E-state index is 0.564. The molecule has 4 heteroatoms. The van der Waals surface area contributed by atoms with Crippen LogP contribution in [0.5, 0.6) is 0 Å². The molecule has 0 bridgehead atoms. The number of nitrogens with one attached hydrogen (secondary N) is 1. The Bertz CT molecular complexity index is 402. The molecule has 0 radical (unpaired) electrons. The van der Waals surface area contributed by atoms with Crippen LogP contribution in [0.15, 0.2) is 36.4 Å². The third-order valence-corrected chi connectivity index (χ3v) is 2.47. The number of hydrazine groups is 1. The van der Waals surface area contributed by atoms with Gasteiger partial charge >= 0.3 is 0 Å². The second-order valence-electron chi connectivity index (χ2n) is 3.50. The molecule has 2 rings (SSSR count). The molecule has 4 nitrogen and oxygen atoms in total. The first kappa shape index (κ1) is 10.6. The minimum Gasteiger partial charge on any atom is -0.307 e. The van der Waals surface area contributed by atoms with Crippen molar-refractivity contribution < 1.29 is 0 Å². The molecule has 2 aromatic rings. The van der Waals surface area contributed by atoms with E-state index in [9.17, 15) is 0 Å². The van der Waals surface area contributed by atoms with Gasteiger partial charge in [-0.15, -0.1) is 10.2 Å². The number of aryl methyl sites for hydroxylation is 1. The number of anilines is 1. The van der Waals surface area contributed by atoms with Crippen LogP contribution in [0.4, 0.5) is 5.82 Å². The Labute approximate surface area is 94.5 Å². The number of aromatic nitrogens is 2. The maximum atomic E-state index is 5.22. The predicted octanol–water partition coefficient (Wildman–Crippen LogP) is 1.99. The van der Waals surface area contributed by atoms with Crippen molar-refractivity contribution in [2.24, 2.45) is 5.84 Å². The molecule has 1 aromatic carbocycles. The molecule has 3 N–H and O–H groups in total. The lowest BCUT2D eigenvalue weighted by Gasteiger charge is -2.02. The van der Waals surface area contributed by atoms with E-state index in [0.717, 1.165) is 17.7 Å². The zero-order valence-electron chi connectivity index (χ0n) is 9.14. The minimum atomic E-state index is 0.564. The van der Waals surface area contributed by atoms with Crippen molar-refractivity contribution in [3.63, 3.8) is 0 Å². The molecule has 0 aliphatic heterocycles. The van der Waals surface area contributed by atoms with E-state index in [1.165, 1.54) is 5.56 Å². The highest BCUT2D eigenvalue weighted by atomic mass is 15.3. The molecule has 1 aromatic heterocycles. The lowest BCUT2D eigenvalue weighted by molar-refractivity contribution is 1.03. The molecule has 0 aliphatic carbocycles. The average Bonchev–Trinajstić information content (AvgIpc) is 2.39. The van der Waals surface area contributed by atoms with Crippen molar-refractivity contribution in [2.75, 3.05) is 5.43 Å². The van der Waals surface area contributed by atoms with Gasteiger partial charge < -0.3 is 5.43 Å². The van der Waals surface area contributed by atoms with E-state index >= 15 is 0 Å². The summed E-state index contributed by atoms with van der Waals surface area (Å²) in [4.78, 5) is 0. The maximum absolute atomic E-state index is 5.22. The Morgan fingerprint density at radius 1 is 1.06 bits per heavy atom. The Kier molecular flexibility index (Phi) is 3.12. The van der Waals surface area contributed by atoms with E-state index in [2.05, 4.69) is 46.8 Å². The standard InChI is InChI=1S/C12H14N4/c1-2-9-3-5-10(6-4-9)11-7-8-12(14-13)16-15-11/h3-8H,2,13H2,1H3,(H,14,16). The summed E-state index contributed by atoms with van der Waals surface area (Å²) in [6.45, 7) is 2.14. The quantitative estimate of drug-likeness (QED) is 0.606. The lowest BCUT2D eigenvalue weighted by Crippen LogP contribution is -2.08. The monoisotopic (exact) mass is 214 g/mol. The number of rotatable bonds is 3. The van der Waals surface area contributed by atoms with E-state index in [-0.39, 0.29) is 0 Å². The fourth-order valence-corrected chi connectivity index (χ4v) is 1.47. The van der Waals surface area contributed by atoms with Gasteiger partial charge in [-0.3, -0.25) is 0 Å². The Balaban J connectivity index is 2.28. The predicted molar refractivity (Wildman–Crippen MR) is 64.7 cm³/mol. The highest BCUT2D eigenvalue weighted by Crippen LogP contribution is 2.17. The van der Waals surface area contributed by atoms with E-state index in [1.54, 1.807) is 6.07 Å². The summed E-state index contributed by atoms with van der Waals surface area (Å²) < 4.78 is 0. The van der Waals surface area contributed by atoms with Gasteiger partial charge in [-0.1, -0.05) is 31.2 Å². The van der Waals surface area contributed by atoms with Crippen LogP contribution in [0.2, 0.25) is 0 Å². The molecule has 0 unspecified atom stereocenters. The number of nitrogen functional groups attached to an aromatic ring is 1. The number of benzene rings is 1. The Morgan fingerprint density at radius 3 is 2.31 bits per heavy atom. The normalized spacial score (nSPS) is 10.1. The maximum Gasteiger partial charge on any atom is 0.162 e. The second kappa shape index (κ2) is 4.72. The highest BCUT2D eigenvalue weighted by molar-refractivity contribution is 5.59. The van der Waals surface area contributed by atoms with Crippen molar-refractivity contribution in [1.29, 1.82) is 0 Å². The summed E-state index contributed by atoms with van der Waals surface area (Å²) in [5.74, 6) is 5.79. The lowest BCUT2D eigenvalue weighted by atomic mass is 10.1. The molecule has 0 fully saturated rings. The third-order valence-electron chi connectivity index (χ3n) is 2.47. The van der Waals surface area contributed by atoms with Crippen LogP contribution in [0.25, 0.3) is 11.3 Å². The number of nitrogens with zero attached hydrogens (tertiary/aromatic N) is 2. The van der Waals surface area contributed by atoms with Crippen molar-refractivity contribution in [3.8, 4) is 11.3 Å². The zero-order chi connectivity index (χ0) is 11.4. The largest absolute Gasteiger partial charge is 0.307 e. The van der Waals surface area contributed by atoms with Crippen LogP contribution >= 0.6 is 0 Å². The Hall–Kier alpha value is -1.94. The summed E-state index contributed by atoms with van der Waals surface area (Å²) in [7, 11) is 0. The molecule has 0 spiro atoms. The molecule has 0 aliphatic rings. The molecule has 0 saturated carbocycles. The number of hydrogen-bond donors (Lipinski definition) is 2. The average molecular weight is 214 g/mol.